The lowest BCUT2D eigenvalue weighted by molar-refractivity contribution is -0.126. The second-order valence-corrected chi connectivity index (χ2v) is 5.52. The van der Waals surface area contributed by atoms with Gasteiger partial charge in [-0.1, -0.05) is 0 Å². The number of nitrogens with zero attached hydrogens (tertiary/aromatic N) is 2. The van der Waals surface area contributed by atoms with Crippen LogP contribution in [0.4, 0.5) is 4.79 Å². The number of thiazole rings is 1. The summed E-state index contributed by atoms with van der Waals surface area (Å²) in [5.74, 6) is -0.747. The van der Waals surface area contributed by atoms with Crippen molar-refractivity contribution in [1.29, 1.82) is 0 Å². The highest BCUT2D eigenvalue weighted by Gasteiger charge is 2.31. The van der Waals surface area contributed by atoms with Gasteiger partial charge in [0, 0.05) is 30.7 Å². The molecule has 2 aromatic heterocycles. The van der Waals surface area contributed by atoms with Gasteiger partial charge < -0.3 is 10.6 Å². The molecule has 1 fully saturated rings. The van der Waals surface area contributed by atoms with E-state index in [1.807, 2.05) is 22.2 Å². The van der Waals surface area contributed by atoms with Gasteiger partial charge in [0.05, 0.1) is 12.1 Å². The van der Waals surface area contributed by atoms with Gasteiger partial charge in [-0.15, -0.1) is 11.3 Å². The molecule has 3 rings (SSSR count). The van der Waals surface area contributed by atoms with E-state index in [4.69, 9.17) is 0 Å². The minimum atomic E-state index is -0.782. The van der Waals surface area contributed by atoms with Crippen molar-refractivity contribution < 1.29 is 14.4 Å². The number of rotatable bonds is 5. The number of urea groups is 1. The number of nitrogens with one attached hydrogen (secondary N) is 3. The van der Waals surface area contributed by atoms with E-state index in [0.717, 1.165) is 10.7 Å². The maximum atomic E-state index is 11.7. The molecule has 2 aromatic rings. The van der Waals surface area contributed by atoms with Gasteiger partial charge in [-0.05, 0) is 0 Å². The molecule has 1 aliphatic heterocycles. The second-order valence-electron chi connectivity index (χ2n) is 4.64. The number of carbonyl (C=O) groups excluding carboxylic acids is 3. The maximum Gasteiger partial charge on any atom is 0.322 e. The van der Waals surface area contributed by atoms with Crippen molar-refractivity contribution in [2.24, 2.45) is 0 Å². The zero-order chi connectivity index (χ0) is 14.8. The van der Waals surface area contributed by atoms with Crippen molar-refractivity contribution in [2.75, 3.05) is 6.54 Å². The number of hydrogen-bond acceptors (Lipinski definition) is 5. The fourth-order valence-corrected chi connectivity index (χ4v) is 2.81. The summed E-state index contributed by atoms with van der Waals surface area (Å²) in [5, 5.41) is 9.13. The lowest BCUT2D eigenvalue weighted by Crippen LogP contribution is -2.36. The van der Waals surface area contributed by atoms with Crippen LogP contribution in [0.1, 0.15) is 12.1 Å². The molecule has 4 amide bonds. The summed E-state index contributed by atoms with van der Waals surface area (Å²) in [5.41, 5.74) is 0.897. The number of amides is 4. The molecule has 1 saturated heterocycles. The Bertz CT molecular complexity index is 678. The Hall–Kier alpha value is -2.42. The molecule has 3 N–H and O–H groups in total. The first-order valence-electron chi connectivity index (χ1n) is 6.41. The van der Waals surface area contributed by atoms with Crippen LogP contribution in [-0.2, 0) is 16.0 Å². The summed E-state index contributed by atoms with van der Waals surface area (Å²) < 4.78 is 1.93. The molecule has 1 atom stereocenters. The van der Waals surface area contributed by atoms with E-state index in [1.54, 1.807) is 11.3 Å². The molecular weight excluding hydrogens is 294 g/mol. The van der Waals surface area contributed by atoms with Gasteiger partial charge in [-0.3, -0.25) is 19.3 Å². The van der Waals surface area contributed by atoms with Gasteiger partial charge in [-0.2, -0.15) is 0 Å². The molecule has 0 radical (unpaired) electrons. The Balaban J connectivity index is 1.44. The van der Waals surface area contributed by atoms with Crippen molar-refractivity contribution in [3.05, 3.63) is 23.5 Å². The fraction of sp³-hybridized carbons (Fsp3) is 0.333. The molecule has 0 aromatic carbocycles. The SMILES string of the molecule is O=C(C[C@H]1NC(=O)NC1=O)NCCc1cn2ccsc2n1. The van der Waals surface area contributed by atoms with Crippen LogP contribution in [0.3, 0.4) is 0 Å². The van der Waals surface area contributed by atoms with E-state index in [9.17, 15) is 14.4 Å². The highest BCUT2D eigenvalue weighted by Crippen LogP contribution is 2.11. The van der Waals surface area contributed by atoms with Crippen LogP contribution in [-0.4, -0.2) is 39.8 Å². The predicted octanol–water partition coefficient (Wildman–Crippen LogP) is -0.347. The topological polar surface area (TPSA) is 105 Å². The molecule has 21 heavy (non-hydrogen) atoms. The Morgan fingerprint density at radius 1 is 1.48 bits per heavy atom. The van der Waals surface area contributed by atoms with Crippen molar-refractivity contribution in [1.82, 2.24) is 25.3 Å². The van der Waals surface area contributed by atoms with Gasteiger partial charge in [0.1, 0.15) is 6.04 Å². The number of imidazole rings is 1. The first-order valence-corrected chi connectivity index (χ1v) is 7.29. The molecule has 0 unspecified atom stereocenters. The van der Waals surface area contributed by atoms with E-state index in [0.29, 0.717) is 13.0 Å². The molecular formula is C12H13N5O3S. The molecule has 0 saturated carbocycles. The van der Waals surface area contributed by atoms with Crippen LogP contribution in [0.2, 0.25) is 0 Å². The third kappa shape index (κ3) is 3.02. The summed E-state index contributed by atoms with van der Waals surface area (Å²) >= 11 is 1.55. The molecule has 0 bridgehead atoms. The highest BCUT2D eigenvalue weighted by atomic mass is 32.1. The monoisotopic (exact) mass is 307 g/mol. The molecule has 3 heterocycles. The summed E-state index contributed by atoms with van der Waals surface area (Å²) in [7, 11) is 0. The third-order valence-corrected chi connectivity index (χ3v) is 3.87. The Kier molecular flexibility index (Phi) is 3.57. The lowest BCUT2D eigenvalue weighted by atomic mass is 10.2. The summed E-state index contributed by atoms with van der Waals surface area (Å²) in [4.78, 5) is 39.2. The number of imide groups is 1. The van der Waals surface area contributed by atoms with Crippen LogP contribution >= 0.6 is 11.3 Å². The zero-order valence-electron chi connectivity index (χ0n) is 11.0. The quantitative estimate of drug-likeness (QED) is 0.657. The van der Waals surface area contributed by atoms with Crippen molar-refractivity contribution >= 4 is 34.1 Å². The minimum Gasteiger partial charge on any atom is -0.356 e. The molecule has 9 heteroatoms. The zero-order valence-corrected chi connectivity index (χ0v) is 11.8. The normalized spacial score (nSPS) is 17.8. The minimum absolute atomic E-state index is 0.0597. The summed E-state index contributed by atoms with van der Waals surface area (Å²) in [6.45, 7) is 0.436. The van der Waals surface area contributed by atoms with E-state index in [2.05, 4.69) is 20.9 Å². The first kappa shape index (κ1) is 13.6. The smallest absolute Gasteiger partial charge is 0.322 e. The van der Waals surface area contributed by atoms with Gasteiger partial charge in [0.2, 0.25) is 5.91 Å². The Labute approximate surface area is 123 Å². The lowest BCUT2D eigenvalue weighted by Gasteiger charge is -2.07. The Morgan fingerprint density at radius 3 is 3.05 bits per heavy atom. The van der Waals surface area contributed by atoms with Crippen LogP contribution in [0.25, 0.3) is 4.96 Å². The summed E-state index contributed by atoms with van der Waals surface area (Å²) in [6.07, 6.45) is 4.40. The van der Waals surface area contributed by atoms with Crippen molar-refractivity contribution in [3.63, 3.8) is 0 Å². The summed E-state index contributed by atoms with van der Waals surface area (Å²) in [6, 6.07) is -1.34. The first-order chi connectivity index (χ1) is 10.1. The van der Waals surface area contributed by atoms with Gasteiger partial charge in [0.25, 0.3) is 5.91 Å². The molecule has 0 aliphatic carbocycles. The van der Waals surface area contributed by atoms with Crippen LogP contribution in [0, 0.1) is 0 Å². The van der Waals surface area contributed by atoms with E-state index in [-0.39, 0.29) is 12.3 Å². The molecule has 1 aliphatic rings. The highest BCUT2D eigenvalue weighted by molar-refractivity contribution is 7.15. The van der Waals surface area contributed by atoms with E-state index >= 15 is 0 Å². The number of fused-ring (bicyclic) bond motifs is 1. The molecule has 8 nitrogen and oxygen atoms in total. The average Bonchev–Trinajstić information content (AvgIpc) is 3.05. The van der Waals surface area contributed by atoms with E-state index in [1.165, 1.54) is 0 Å². The largest absolute Gasteiger partial charge is 0.356 e. The van der Waals surface area contributed by atoms with E-state index < -0.39 is 18.0 Å². The average molecular weight is 307 g/mol. The number of hydrogen-bond donors (Lipinski definition) is 3. The molecule has 110 valence electrons. The fourth-order valence-electron chi connectivity index (χ4n) is 2.09. The standard InChI is InChI=1S/C12H13N5O3S/c18-9(5-8-10(19)16-11(20)15-8)13-2-1-7-6-17-3-4-21-12(17)14-7/h3-4,6,8H,1-2,5H2,(H,13,18)(H2,15,16,19,20)/t8-/m1/s1. The maximum absolute atomic E-state index is 11.7. The van der Waals surface area contributed by atoms with Crippen LogP contribution < -0.4 is 16.0 Å². The van der Waals surface area contributed by atoms with Crippen LogP contribution in [0.5, 0.6) is 0 Å². The van der Waals surface area contributed by atoms with Gasteiger partial charge in [-0.25, -0.2) is 9.78 Å². The predicted molar refractivity (Wildman–Crippen MR) is 74.9 cm³/mol. The third-order valence-electron chi connectivity index (χ3n) is 3.09. The van der Waals surface area contributed by atoms with Crippen molar-refractivity contribution in [2.45, 2.75) is 18.9 Å². The second kappa shape index (κ2) is 5.52. The Morgan fingerprint density at radius 2 is 2.33 bits per heavy atom. The van der Waals surface area contributed by atoms with Gasteiger partial charge in [0.15, 0.2) is 4.96 Å². The molecule has 0 spiro atoms. The van der Waals surface area contributed by atoms with Crippen molar-refractivity contribution in [3.8, 4) is 0 Å². The number of carbonyl (C=O) groups is 3. The van der Waals surface area contributed by atoms with Crippen LogP contribution in [0.15, 0.2) is 17.8 Å². The number of aromatic nitrogens is 2. The van der Waals surface area contributed by atoms with Gasteiger partial charge >= 0.3 is 6.03 Å².